The van der Waals surface area contributed by atoms with Gasteiger partial charge in [0.1, 0.15) is 17.2 Å². The number of ether oxygens (including phenoxy) is 2. The molecule has 0 bridgehead atoms. The number of aryl methyl sites for hydroxylation is 2. The van der Waals surface area contributed by atoms with E-state index in [4.69, 9.17) is 9.47 Å². The molecule has 29 heavy (non-hydrogen) atoms. The molecule has 0 amide bonds. The molecule has 0 aliphatic heterocycles. The molecule has 1 heterocycles. The second-order valence-electron chi connectivity index (χ2n) is 7.12. The standard InChI is InChI=1S/C20H30N2O5S2/c1-6-7-8-29(24,25)13-17(11-26-14(2)3)27-19(23)12-28-20-18(10-21)15(4)9-16(5)22-20/h9,14,17H,6-8,11-13H2,1-5H3. The van der Waals surface area contributed by atoms with E-state index in [1.807, 2.05) is 34.6 Å². The minimum Gasteiger partial charge on any atom is -0.458 e. The maximum Gasteiger partial charge on any atom is 0.316 e. The molecule has 0 aromatic carbocycles. The fraction of sp³-hybridized carbons (Fsp3) is 0.650. The van der Waals surface area contributed by atoms with Crippen molar-refractivity contribution in [3.8, 4) is 6.07 Å². The summed E-state index contributed by atoms with van der Waals surface area (Å²) in [6.45, 7) is 9.23. The molecule has 0 aliphatic rings. The average molecular weight is 443 g/mol. The first-order chi connectivity index (χ1) is 13.6. The fourth-order valence-electron chi connectivity index (χ4n) is 2.54. The largest absolute Gasteiger partial charge is 0.458 e. The number of aromatic nitrogens is 1. The molecular formula is C20H30N2O5S2. The molecule has 9 heteroatoms. The summed E-state index contributed by atoms with van der Waals surface area (Å²) in [4.78, 5) is 16.7. The number of hydrogen-bond acceptors (Lipinski definition) is 8. The van der Waals surface area contributed by atoms with E-state index in [0.29, 0.717) is 17.0 Å². The number of unbranched alkanes of at least 4 members (excludes halogenated alkanes) is 1. The third kappa shape index (κ3) is 9.61. The molecule has 1 unspecified atom stereocenters. The highest BCUT2D eigenvalue weighted by Crippen LogP contribution is 2.23. The monoisotopic (exact) mass is 442 g/mol. The average Bonchev–Trinajstić information content (AvgIpc) is 2.62. The van der Waals surface area contributed by atoms with Gasteiger partial charge in [0, 0.05) is 5.69 Å². The summed E-state index contributed by atoms with van der Waals surface area (Å²) in [6.07, 6.45) is 0.364. The van der Waals surface area contributed by atoms with Gasteiger partial charge in [-0.1, -0.05) is 25.1 Å². The molecule has 1 aromatic heterocycles. The van der Waals surface area contributed by atoms with Gasteiger partial charge < -0.3 is 9.47 Å². The van der Waals surface area contributed by atoms with E-state index in [2.05, 4.69) is 11.1 Å². The maximum atomic E-state index is 12.3. The third-order valence-corrected chi connectivity index (χ3v) is 6.65. The predicted octanol–water partition coefficient (Wildman–Crippen LogP) is 3.21. The lowest BCUT2D eigenvalue weighted by Crippen LogP contribution is -2.33. The van der Waals surface area contributed by atoms with Crippen LogP contribution in [0.5, 0.6) is 0 Å². The van der Waals surface area contributed by atoms with E-state index in [1.54, 1.807) is 6.07 Å². The molecule has 0 aliphatic carbocycles. The number of carbonyl (C=O) groups excluding carboxylic acids is 1. The lowest BCUT2D eigenvalue weighted by atomic mass is 10.1. The second-order valence-corrected chi connectivity index (χ2v) is 10.3. The quantitative estimate of drug-likeness (QED) is 0.359. The van der Waals surface area contributed by atoms with Crippen LogP contribution in [0, 0.1) is 25.2 Å². The van der Waals surface area contributed by atoms with Gasteiger partial charge in [0.25, 0.3) is 0 Å². The van der Waals surface area contributed by atoms with E-state index in [0.717, 1.165) is 29.4 Å². The second kappa shape index (κ2) is 12.2. The van der Waals surface area contributed by atoms with Gasteiger partial charge in [0.15, 0.2) is 9.84 Å². The smallest absolute Gasteiger partial charge is 0.316 e. The van der Waals surface area contributed by atoms with Crippen LogP contribution in [0.3, 0.4) is 0 Å². The van der Waals surface area contributed by atoms with Crippen molar-refractivity contribution in [2.45, 2.75) is 64.7 Å². The van der Waals surface area contributed by atoms with E-state index >= 15 is 0 Å². The van der Waals surface area contributed by atoms with Crippen molar-refractivity contribution in [2.24, 2.45) is 0 Å². The van der Waals surface area contributed by atoms with Gasteiger partial charge in [0.05, 0.1) is 35.5 Å². The number of nitriles is 1. The Hall–Kier alpha value is -1.63. The Morgan fingerprint density at radius 3 is 2.62 bits per heavy atom. The van der Waals surface area contributed by atoms with Crippen LogP contribution in [0.15, 0.2) is 11.1 Å². The summed E-state index contributed by atoms with van der Waals surface area (Å²) >= 11 is 1.11. The number of carbonyl (C=O) groups is 1. The molecule has 0 saturated carbocycles. The number of sulfone groups is 1. The van der Waals surface area contributed by atoms with Crippen molar-refractivity contribution >= 4 is 27.6 Å². The van der Waals surface area contributed by atoms with Gasteiger partial charge >= 0.3 is 5.97 Å². The zero-order valence-corrected chi connectivity index (χ0v) is 19.4. The van der Waals surface area contributed by atoms with E-state index in [-0.39, 0.29) is 30.0 Å². The Balaban J connectivity index is 2.78. The first kappa shape index (κ1) is 25.4. The number of pyridine rings is 1. The summed E-state index contributed by atoms with van der Waals surface area (Å²) in [5.41, 5.74) is 1.97. The van der Waals surface area contributed by atoms with Gasteiger partial charge in [-0.15, -0.1) is 0 Å². The Morgan fingerprint density at radius 2 is 2.03 bits per heavy atom. The zero-order chi connectivity index (χ0) is 22.0. The Labute approximate surface area is 178 Å². The predicted molar refractivity (Wildman–Crippen MR) is 114 cm³/mol. The van der Waals surface area contributed by atoms with Gasteiger partial charge in [-0.2, -0.15) is 5.26 Å². The van der Waals surface area contributed by atoms with Crippen LogP contribution in [-0.2, 0) is 24.1 Å². The van der Waals surface area contributed by atoms with Gasteiger partial charge in [0.2, 0.25) is 0 Å². The summed E-state index contributed by atoms with van der Waals surface area (Å²) in [5, 5.41) is 9.78. The van der Waals surface area contributed by atoms with Crippen LogP contribution in [0.4, 0.5) is 0 Å². The molecule has 0 spiro atoms. The highest BCUT2D eigenvalue weighted by Gasteiger charge is 2.24. The topological polar surface area (TPSA) is 106 Å². The van der Waals surface area contributed by atoms with Crippen molar-refractivity contribution in [1.29, 1.82) is 5.26 Å². The summed E-state index contributed by atoms with van der Waals surface area (Å²) in [5.74, 6) is -0.839. The van der Waals surface area contributed by atoms with Crippen LogP contribution in [0.1, 0.15) is 50.4 Å². The summed E-state index contributed by atoms with van der Waals surface area (Å²) in [7, 11) is -3.34. The van der Waals surface area contributed by atoms with Crippen molar-refractivity contribution in [3.63, 3.8) is 0 Å². The van der Waals surface area contributed by atoms with Crippen molar-refractivity contribution in [2.75, 3.05) is 23.9 Å². The molecule has 1 atom stereocenters. The van der Waals surface area contributed by atoms with Crippen molar-refractivity contribution in [1.82, 2.24) is 4.98 Å². The van der Waals surface area contributed by atoms with E-state index in [1.165, 1.54) is 0 Å². The minimum absolute atomic E-state index is 0.0185. The van der Waals surface area contributed by atoms with Crippen LogP contribution in [0.25, 0.3) is 0 Å². The number of rotatable bonds is 12. The third-order valence-electron chi connectivity index (χ3n) is 3.91. The Kier molecular flexibility index (Phi) is 10.6. The lowest BCUT2D eigenvalue weighted by Gasteiger charge is -2.19. The highest BCUT2D eigenvalue weighted by atomic mass is 32.2. The maximum absolute atomic E-state index is 12.3. The van der Waals surface area contributed by atoms with Gasteiger partial charge in [-0.05, 0) is 45.7 Å². The summed E-state index contributed by atoms with van der Waals surface area (Å²) in [6, 6.07) is 3.91. The molecule has 0 saturated heterocycles. The molecule has 1 aromatic rings. The molecule has 0 N–H and O–H groups in total. The first-order valence-corrected chi connectivity index (χ1v) is 12.4. The fourth-order valence-corrected chi connectivity index (χ4v) is 5.04. The molecular weight excluding hydrogens is 412 g/mol. The Bertz CT molecular complexity index is 832. The first-order valence-electron chi connectivity index (χ1n) is 9.60. The van der Waals surface area contributed by atoms with Crippen LogP contribution < -0.4 is 0 Å². The summed E-state index contributed by atoms with van der Waals surface area (Å²) < 4.78 is 35.4. The van der Waals surface area contributed by atoms with Crippen LogP contribution >= 0.6 is 11.8 Å². The zero-order valence-electron chi connectivity index (χ0n) is 17.7. The van der Waals surface area contributed by atoms with E-state index in [9.17, 15) is 18.5 Å². The van der Waals surface area contributed by atoms with E-state index < -0.39 is 21.9 Å². The molecule has 1 rings (SSSR count). The molecule has 7 nitrogen and oxygen atoms in total. The lowest BCUT2D eigenvalue weighted by molar-refractivity contribution is -0.148. The van der Waals surface area contributed by atoms with Crippen molar-refractivity contribution < 1.29 is 22.7 Å². The SMILES string of the molecule is CCCCS(=O)(=O)CC(COC(C)C)OC(=O)CSc1nc(C)cc(C)c1C#N. The number of esters is 1. The normalized spacial score (nSPS) is 12.6. The van der Waals surface area contributed by atoms with Gasteiger partial charge in [-0.3, -0.25) is 4.79 Å². The van der Waals surface area contributed by atoms with Crippen LogP contribution in [-0.4, -0.2) is 55.4 Å². The minimum atomic E-state index is -3.34. The molecule has 0 radical (unpaired) electrons. The van der Waals surface area contributed by atoms with Crippen LogP contribution in [0.2, 0.25) is 0 Å². The van der Waals surface area contributed by atoms with Crippen molar-refractivity contribution in [3.05, 3.63) is 22.9 Å². The number of nitrogens with zero attached hydrogens (tertiary/aromatic N) is 2. The Morgan fingerprint density at radius 1 is 1.34 bits per heavy atom. The number of thioether (sulfide) groups is 1. The highest BCUT2D eigenvalue weighted by molar-refractivity contribution is 7.99. The van der Waals surface area contributed by atoms with Gasteiger partial charge in [-0.25, -0.2) is 13.4 Å². The molecule has 0 fully saturated rings. The molecule has 162 valence electrons. The number of hydrogen-bond donors (Lipinski definition) is 0.